The van der Waals surface area contributed by atoms with Gasteiger partial charge < -0.3 is 15.4 Å². The molecule has 3 aromatic rings. The predicted octanol–water partition coefficient (Wildman–Crippen LogP) is 5.35. The molecule has 5 nitrogen and oxygen atoms in total. The highest BCUT2D eigenvalue weighted by atomic mass is 79.9. The standard InChI is InChI=1S/C22H19BrN2O3/c1-2-28-20-13-8-16(23)14-19(20)22(27)25-18-11-9-17(10-12-18)24-21(26)15-6-4-3-5-7-15/h3-14H,2H2,1H3,(H,24,26)(H,25,27). The van der Waals surface area contributed by atoms with Gasteiger partial charge in [0.2, 0.25) is 0 Å². The molecular formula is C22H19BrN2O3. The zero-order valence-electron chi connectivity index (χ0n) is 15.2. The Hall–Kier alpha value is -3.12. The van der Waals surface area contributed by atoms with Gasteiger partial charge in [0, 0.05) is 21.4 Å². The minimum Gasteiger partial charge on any atom is -0.493 e. The van der Waals surface area contributed by atoms with Crippen molar-refractivity contribution in [3.05, 3.63) is 88.4 Å². The summed E-state index contributed by atoms with van der Waals surface area (Å²) in [4.78, 5) is 24.8. The lowest BCUT2D eigenvalue weighted by Crippen LogP contribution is -2.14. The number of ether oxygens (including phenoxy) is 1. The highest BCUT2D eigenvalue weighted by molar-refractivity contribution is 9.10. The summed E-state index contributed by atoms with van der Waals surface area (Å²) in [5, 5.41) is 5.67. The molecule has 3 aromatic carbocycles. The fourth-order valence-corrected chi connectivity index (χ4v) is 2.95. The molecule has 0 bridgehead atoms. The summed E-state index contributed by atoms with van der Waals surface area (Å²) in [5.41, 5.74) is 2.28. The van der Waals surface area contributed by atoms with Gasteiger partial charge in [0.15, 0.2) is 0 Å². The summed E-state index contributed by atoms with van der Waals surface area (Å²) >= 11 is 3.38. The van der Waals surface area contributed by atoms with Crippen LogP contribution in [0.4, 0.5) is 11.4 Å². The zero-order chi connectivity index (χ0) is 19.9. The smallest absolute Gasteiger partial charge is 0.259 e. The molecule has 0 radical (unpaired) electrons. The van der Waals surface area contributed by atoms with Crippen LogP contribution >= 0.6 is 15.9 Å². The summed E-state index contributed by atoms with van der Waals surface area (Å²) in [6.45, 7) is 2.34. The maximum Gasteiger partial charge on any atom is 0.259 e. The number of hydrogen-bond donors (Lipinski definition) is 2. The molecule has 0 aliphatic heterocycles. The highest BCUT2D eigenvalue weighted by Crippen LogP contribution is 2.25. The van der Waals surface area contributed by atoms with E-state index in [-0.39, 0.29) is 11.8 Å². The topological polar surface area (TPSA) is 67.4 Å². The van der Waals surface area contributed by atoms with E-state index >= 15 is 0 Å². The molecule has 0 fully saturated rings. The molecule has 0 atom stereocenters. The molecular weight excluding hydrogens is 420 g/mol. The molecule has 2 amide bonds. The quantitative estimate of drug-likeness (QED) is 0.544. The van der Waals surface area contributed by atoms with Crippen molar-refractivity contribution in [3.8, 4) is 5.75 Å². The minimum atomic E-state index is -0.272. The third-order valence-electron chi connectivity index (χ3n) is 3.92. The van der Waals surface area contributed by atoms with Crippen LogP contribution in [0.1, 0.15) is 27.6 Å². The van der Waals surface area contributed by atoms with Crippen molar-refractivity contribution in [2.24, 2.45) is 0 Å². The van der Waals surface area contributed by atoms with Gasteiger partial charge >= 0.3 is 0 Å². The van der Waals surface area contributed by atoms with Crippen molar-refractivity contribution in [2.75, 3.05) is 17.2 Å². The van der Waals surface area contributed by atoms with Crippen LogP contribution < -0.4 is 15.4 Å². The van der Waals surface area contributed by atoms with Crippen LogP contribution in [0.5, 0.6) is 5.75 Å². The van der Waals surface area contributed by atoms with Crippen LogP contribution in [0, 0.1) is 0 Å². The fourth-order valence-electron chi connectivity index (χ4n) is 2.59. The van der Waals surface area contributed by atoms with Gasteiger partial charge in [-0.25, -0.2) is 0 Å². The van der Waals surface area contributed by atoms with Crippen LogP contribution in [-0.4, -0.2) is 18.4 Å². The summed E-state index contributed by atoms with van der Waals surface area (Å²) < 4.78 is 6.32. The third kappa shape index (κ3) is 4.98. The van der Waals surface area contributed by atoms with E-state index in [1.807, 2.05) is 31.2 Å². The number of rotatable bonds is 6. The monoisotopic (exact) mass is 438 g/mol. The Labute approximate surface area is 171 Å². The molecule has 0 spiro atoms. The van der Waals surface area contributed by atoms with E-state index in [1.54, 1.807) is 48.5 Å². The molecule has 0 saturated heterocycles. The van der Waals surface area contributed by atoms with Crippen molar-refractivity contribution in [3.63, 3.8) is 0 Å². The van der Waals surface area contributed by atoms with Crippen molar-refractivity contribution >= 4 is 39.1 Å². The summed E-state index contributed by atoms with van der Waals surface area (Å²) in [6, 6.07) is 21.2. The first-order valence-corrected chi connectivity index (χ1v) is 9.56. The molecule has 28 heavy (non-hydrogen) atoms. The van der Waals surface area contributed by atoms with Crippen LogP contribution in [0.25, 0.3) is 0 Å². The molecule has 0 saturated carbocycles. The molecule has 142 valence electrons. The maximum absolute atomic E-state index is 12.6. The Balaban J connectivity index is 1.68. The summed E-state index contributed by atoms with van der Waals surface area (Å²) in [7, 11) is 0. The Morgan fingerprint density at radius 2 is 1.46 bits per heavy atom. The molecule has 0 aliphatic rings. The Morgan fingerprint density at radius 1 is 0.857 bits per heavy atom. The number of amides is 2. The second-order valence-corrected chi connectivity index (χ2v) is 6.84. The van der Waals surface area contributed by atoms with E-state index in [2.05, 4.69) is 26.6 Å². The molecule has 0 heterocycles. The average Bonchev–Trinajstić information content (AvgIpc) is 2.71. The minimum absolute atomic E-state index is 0.187. The fraction of sp³-hybridized carbons (Fsp3) is 0.0909. The number of hydrogen-bond acceptors (Lipinski definition) is 3. The van der Waals surface area contributed by atoms with Gasteiger partial charge in [-0.15, -0.1) is 0 Å². The second kappa shape index (κ2) is 9.19. The lowest BCUT2D eigenvalue weighted by molar-refractivity contribution is 0.101. The van der Waals surface area contributed by atoms with Gasteiger partial charge in [0.1, 0.15) is 5.75 Å². The molecule has 0 aliphatic carbocycles. The van der Waals surface area contributed by atoms with E-state index in [0.717, 1.165) is 4.47 Å². The van der Waals surface area contributed by atoms with Gasteiger partial charge in [0.05, 0.1) is 12.2 Å². The van der Waals surface area contributed by atoms with E-state index in [9.17, 15) is 9.59 Å². The van der Waals surface area contributed by atoms with Gasteiger partial charge in [-0.3, -0.25) is 9.59 Å². The lowest BCUT2D eigenvalue weighted by atomic mass is 10.1. The molecule has 6 heteroatoms. The van der Waals surface area contributed by atoms with Gasteiger partial charge in [0.25, 0.3) is 11.8 Å². The summed E-state index contributed by atoms with van der Waals surface area (Å²) in [6.07, 6.45) is 0. The molecule has 0 unspecified atom stereocenters. The first-order valence-electron chi connectivity index (χ1n) is 8.77. The van der Waals surface area contributed by atoms with Crippen LogP contribution in [0.15, 0.2) is 77.3 Å². The normalized spacial score (nSPS) is 10.2. The maximum atomic E-state index is 12.6. The predicted molar refractivity (Wildman–Crippen MR) is 114 cm³/mol. The van der Waals surface area contributed by atoms with Crippen molar-refractivity contribution in [2.45, 2.75) is 6.92 Å². The van der Waals surface area contributed by atoms with Crippen LogP contribution in [0.3, 0.4) is 0 Å². The number of benzene rings is 3. The third-order valence-corrected chi connectivity index (χ3v) is 4.42. The SMILES string of the molecule is CCOc1ccc(Br)cc1C(=O)Nc1ccc(NC(=O)c2ccccc2)cc1. The van der Waals surface area contributed by atoms with E-state index < -0.39 is 0 Å². The highest BCUT2D eigenvalue weighted by Gasteiger charge is 2.14. The largest absolute Gasteiger partial charge is 0.493 e. The van der Waals surface area contributed by atoms with E-state index in [0.29, 0.717) is 34.9 Å². The first-order chi connectivity index (χ1) is 13.6. The molecule has 0 aromatic heterocycles. The van der Waals surface area contributed by atoms with Crippen molar-refractivity contribution in [1.82, 2.24) is 0 Å². The van der Waals surface area contributed by atoms with Crippen molar-refractivity contribution in [1.29, 1.82) is 0 Å². The van der Waals surface area contributed by atoms with E-state index in [4.69, 9.17) is 4.74 Å². The number of nitrogens with one attached hydrogen (secondary N) is 2. The first kappa shape index (κ1) is 19.6. The number of anilines is 2. The number of halogens is 1. The van der Waals surface area contributed by atoms with Crippen molar-refractivity contribution < 1.29 is 14.3 Å². The Kier molecular flexibility index (Phi) is 6.45. The van der Waals surface area contributed by atoms with E-state index in [1.165, 1.54) is 0 Å². The number of carbonyl (C=O) groups excluding carboxylic acids is 2. The number of carbonyl (C=O) groups is 2. The zero-order valence-corrected chi connectivity index (χ0v) is 16.8. The Morgan fingerprint density at radius 3 is 2.07 bits per heavy atom. The van der Waals surface area contributed by atoms with Crippen LogP contribution in [0.2, 0.25) is 0 Å². The molecule has 2 N–H and O–H groups in total. The van der Waals surface area contributed by atoms with Gasteiger partial charge in [-0.05, 0) is 61.5 Å². The second-order valence-electron chi connectivity index (χ2n) is 5.93. The lowest BCUT2D eigenvalue weighted by Gasteiger charge is -2.12. The molecule has 3 rings (SSSR count). The van der Waals surface area contributed by atoms with Crippen LogP contribution in [-0.2, 0) is 0 Å². The van der Waals surface area contributed by atoms with Gasteiger partial charge in [-0.2, -0.15) is 0 Å². The average molecular weight is 439 g/mol. The summed E-state index contributed by atoms with van der Waals surface area (Å²) in [5.74, 6) is 0.0636. The van der Waals surface area contributed by atoms with Gasteiger partial charge in [-0.1, -0.05) is 34.1 Å². The Bertz CT molecular complexity index is 973.